The molecule has 2 N–H and O–H groups in total. The molecular formula is C15H19BrN6O. The Morgan fingerprint density at radius 2 is 2.00 bits per heavy atom. The molecule has 2 rings (SSSR count). The van der Waals surface area contributed by atoms with Crippen LogP contribution in [0.1, 0.15) is 16.2 Å². The number of halogens is 1. The molecule has 0 saturated carbocycles. The largest absolute Gasteiger partial charge is 0.368 e. The van der Waals surface area contributed by atoms with Crippen LogP contribution in [0.15, 0.2) is 29.0 Å². The Kier molecular flexibility index (Phi) is 5.86. The number of anilines is 2. The van der Waals surface area contributed by atoms with Gasteiger partial charge in [0.2, 0.25) is 0 Å². The lowest BCUT2D eigenvalue weighted by Crippen LogP contribution is -2.29. The van der Waals surface area contributed by atoms with E-state index in [-0.39, 0.29) is 5.91 Å². The fourth-order valence-electron chi connectivity index (χ4n) is 1.88. The summed E-state index contributed by atoms with van der Waals surface area (Å²) >= 11 is 3.29. The second-order valence-electron chi connectivity index (χ2n) is 5.13. The molecular weight excluding hydrogens is 360 g/mol. The molecule has 8 heteroatoms. The van der Waals surface area contributed by atoms with Gasteiger partial charge in [0.25, 0.3) is 5.91 Å². The van der Waals surface area contributed by atoms with Crippen LogP contribution in [-0.2, 0) is 0 Å². The molecule has 0 aliphatic rings. The fraction of sp³-hybridized carbons (Fsp3) is 0.333. The first-order valence-electron chi connectivity index (χ1n) is 7.11. The van der Waals surface area contributed by atoms with Crippen molar-refractivity contribution in [3.8, 4) is 0 Å². The fourth-order valence-corrected chi connectivity index (χ4v) is 2.24. The number of carbonyl (C=O) groups excluding carboxylic acids is 1. The minimum atomic E-state index is -0.159. The first-order valence-corrected chi connectivity index (χ1v) is 7.90. The molecule has 23 heavy (non-hydrogen) atoms. The number of hydrogen-bond acceptors (Lipinski definition) is 6. The van der Waals surface area contributed by atoms with Crippen LogP contribution in [0.4, 0.5) is 11.6 Å². The highest BCUT2D eigenvalue weighted by molar-refractivity contribution is 9.10. The average Bonchev–Trinajstić information content (AvgIpc) is 2.50. The molecule has 0 fully saturated rings. The maximum absolute atomic E-state index is 12.0. The van der Waals surface area contributed by atoms with Gasteiger partial charge in [-0.15, -0.1) is 0 Å². The smallest absolute Gasteiger partial charge is 0.252 e. The van der Waals surface area contributed by atoms with Crippen LogP contribution in [0, 0.1) is 6.92 Å². The van der Waals surface area contributed by atoms with Gasteiger partial charge in [0, 0.05) is 50.1 Å². The Morgan fingerprint density at radius 1 is 1.22 bits per heavy atom. The summed E-state index contributed by atoms with van der Waals surface area (Å²) in [6.07, 6.45) is 3.17. The third-order valence-corrected chi connectivity index (χ3v) is 3.40. The van der Waals surface area contributed by atoms with E-state index in [0.29, 0.717) is 24.5 Å². The van der Waals surface area contributed by atoms with Crippen molar-refractivity contribution in [1.82, 2.24) is 20.3 Å². The zero-order valence-electron chi connectivity index (χ0n) is 13.3. The Hall–Kier alpha value is -2.22. The SMILES string of the molecule is Cc1nc(NCCNC(=O)c2cncc(Br)c2)cc(N(C)C)n1. The molecule has 0 spiro atoms. The first-order chi connectivity index (χ1) is 11.0. The molecule has 1 amide bonds. The highest BCUT2D eigenvalue weighted by Crippen LogP contribution is 2.13. The van der Waals surface area contributed by atoms with Gasteiger partial charge in [0.15, 0.2) is 0 Å². The third-order valence-electron chi connectivity index (χ3n) is 2.97. The van der Waals surface area contributed by atoms with Crippen LogP contribution in [0.25, 0.3) is 0 Å². The van der Waals surface area contributed by atoms with Crippen molar-refractivity contribution >= 4 is 33.5 Å². The molecule has 2 aromatic heterocycles. The van der Waals surface area contributed by atoms with Crippen molar-refractivity contribution < 1.29 is 4.79 Å². The Balaban J connectivity index is 1.85. The summed E-state index contributed by atoms with van der Waals surface area (Å²) in [6.45, 7) is 2.89. The van der Waals surface area contributed by atoms with E-state index in [0.717, 1.165) is 16.1 Å². The van der Waals surface area contributed by atoms with Gasteiger partial charge in [-0.3, -0.25) is 9.78 Å². The second kappa shape index (κ2) is 7.87. The van der Waals surface area contributed by atoms with E-state index in [4.69, 9.17) is 0 Å². The summed E-state index contributed by atoms with van der Waals surface area (Å²) in [5.74, 6) is 2.11. The lowest BCUT2D eigenvalue weighted by Gasteiger charge is -2.14. The summed E-state index contributed by atoms with van der Waals surface area (Å²) in [5.41, 5.74) is 0.521. The monoisotopic (exact) mass is 378 g/mol. The quantitative estimate of drug-likeness (QED) is 0.746. The molecule has 0 atom stereocenters. The molecule has 2 aromatic rings. The van der Waals surface area contributed by atoms with Crippen LogP contribution in [0.3, 0.4) is 0 Å². The van der Waals surface area contributed by atoms with Crippen molar-refractivity contribution in [3.63, 3.8) is 0 Å². The third kappa shape index (κ3) is 5.17. The van der Waals surface area contributed by atoms with Gasteiger partial charge in [0.1, 0.15) is 17.5 Å². The molecule has 122 valence electrons. The van der Waals surface area contributed by atoms with E-state index in [1.54, 1.807) is 12.3 Å². The summed E-state index contributed by atoms with van der Waals surface area (Å²) < 4.78 is 0.774. The first kappa shape index (κ1) is 17.1. The van der Waals surface area contributed by atoms with Crippen LogP contribution in [0.5, 0.6) is 0 Å². The average molecular weight is 379 g/mol. The van der Waals surface area contributed by atoms with Crippen molar-refractivity contribution in [1.29, 1.82) is 0 Å². The number of hydrogen-bond donors (Lipinski definition) is 2. The molecule has 0 bridgehead atoms. The topological polar surface area (TPSA) is 83.0 Å². The van der Waals surface area contributed by atoms with Crippen LogP contribution >= 0.6 is 15.9 Å². The van der Waals surface area contributed by atoms with Gasteiger partial charge in [-0.1, -0.05) is 0 Å². The van der Waals surface area contributed by atoms with E-state index in [1.165, 1.54) is 6.20 Å². The van der Waals surface area contributed by atoms with E-state index in [9.17, 15) is 4.79 Å². The zero-order valence-corrected chi connectivity index (χ0v) is 14.9. The predicted molar refractivity (Wildman–Crippen MR) is 93.9 cm³/mol. The summed E-state index contributed by atoms with van der Waals surface area (Å²) in [7, 11) is 3.86. The van der Waals surface area contributed by atoms with Gasteiger partial charge in [0.05, 0.1) is 5.56 Å². The maximum Gasteiger partial charge on any atom is 0.252 e. The van der Waals surface area contributed by atoms with Gasteiger partial charge in [-0.25, -0.2) is 9.97 Å². The predicted octanol–water partition coefficient (Wildman–Crippen LogP) is 1.85. The number of amides is 1. The van der Waals surface area contributed by atoms with E-state index < -0.39 is 0 Å². The van der Waals surface area contributed by atoms with Crippen LogP contribution in [0.2, 0.25) is 0 Å². The number of aromatic nitrogens is 3. The van der Waals surface area contributed by atoms with E-state index in [1.807, 2.05) is 32.0 Å². The maximum atomic E-state index is 12.0. The minimum absolute atomic E-state index is 0.159. The molecule has 0 unspecified atom stereocenters. The van der Waals surface area contributed by atoms with Gasteiger partial charge < -0.3 is 15.5 Å². The van der Waals surface area contributed by atoms with Gasteiger partial charge >= 0.3 is 0 Å². The number of nitrogens with one attached hydrogen (secondary N) is 2. The zero-order chi connectivity index (χ0) is 16.8. The van der Waals surface area contributed by atoms with Crippen molar-refractivity contribution in [2.24, 2.45) is 0 Å². The number of nitrogens with zero attached hydrogens (tertiary/aromatic N) is 4. The summed E-state index contributed by atoms with van der Waals surface area (Å²) in [5, 5.41) is 6.01. The Labute approximate surface area is 143 Å². The molecule has 0 aromatic carbocycles. The minimum Gasteiger partial charge on any atom is -0.368 e. The van der Waals surface area contributed by atoms with Gasteiger partial charge in [-0.2, -0.15) is 0 Å². The highest BCUT2D eigenvalue weighted by Gasteiger charge is 2.06. The molecule has 0 aliphatic carbocycles. The number of aryl methyl sites for hydroxylation is 1. The van der Waals surface area contributed by atoms with Crippen LogP contribution < -0.4 is 15.5 Å². The second-order valence-corrected chi connectivity index (χ2v) is 6.04. The van der Waals surface area contributed by atoms with E-state index >= 15 is 0 Å². The van der Waals surface area contributed by atoms with Gasteiger partial charge in [-0.05, 0) is 28.9 Å². The summed E-state index contributed by atoms with van der Waals surface area (Å²) in [4.78, 5) is 26.5. The lowest BCUT2D eigenvalue weighted by atomic mass is 10.3. The van der Waals surface area contributed by atoms with Crippen molar-refractivity contribution in [3.05, 3.63) is 40.4 Å². The number of pyridine rings is 1. The lowest BCUT2D eigenvalue weighted by molar-refractivity contribution is 0.0954. The van der Waals surface area contributed by atoms with Crippen LogP contribution in [-0.4, -0.2) is 48.0 Å². The standard InChI is InChI=1S/C15H19BrN6O/c1-10-20-13(7-14(21-10)22(2)3)18-4-5-19-15(23)11-6-12(16)9-17-8-11/h6-9H,4-5H2,1-3H3,(H,19,23)(H,18,20,21). The Bertz CT molecular complexity index is 691. The molecule has 2 heterocycles. The molecule has 0 aliphatic heterocycles. The number of carbonyl (C=O) groups is 1. The highest BCUT2D eigenvalue weighted by atomic mass is 79.9. The molecule has 7 nitrogen and oxygen atoms in total. The molecule has 0 radical (unpaired) electrons. The Morgan fingerprint density at radius 3 is 2.70 bits per heavy atom. The number of rotatable bonds is 6. The van der Waals surface area contributed by atoms with Crippen molar-refractivity contribution in [2.75, 3.05) is 37.4 Å². The van der Waals surface area contributed by atoms with E-state index in [2.05, 4.69) is 41.5 Å². The van der Waals surface area contributed by atoms with Crippen molar-refractivity contribution in [2.45, 2.75) is 6.92 Å². The summed E-state index contributed by atoms with van der Waals surface area (Å²) in [6, 6.07) is 3.60. The molecule has 0 saturated heterocycles. The normalized spacial score (nSPS) is 10.3.